The van der Waals surface area contributed by atoms with Crippen LogP contribution in [0.15, 0.2) is 96.1 Å². The molecule has 3 heteroatoms. The Labute approximate surface area is 288 Å². The number of benzene rings is 4. The smallest absolute Gasteiger partial charge is 1.00 e. The van der Waals surface area contributed by atoms with Crippen LogP contribution in [-0.4, -0.2) is 0 Å². The van der Waals surface area contributed by atoms with Gasteiger partial charge in [-0.2, -0.15) is 0 Å². The third kappa shape index (κ3) is 5.81. The van der Waals surface area contributed by atoms with E-state index in [4.69, 9.17) is 0 Å². The van der Waals surface area contributed by atoms with E-state index < -0.39 is 20.0 Å². The molecule has 0 saturated carbocycles. The maximum absolute atomic E-state index is 2.86. The van der Waals surface area contributed by atoms with Crippen molar-refractivity contribution in [2.45, 2.75) is 81.9 Å². The fraction of sp³-hybridized carbons (Fsp3) is 0.333. The molecule has 0 nitrogen and oxygen atoms in total. The van der Waals surface area contributed by atoms with Gasteiger partial charge in [0.2, 0.25) is 0 Å². The molecule has 1 heterocycles. The fourth-order valence-corrected chi connectivity index (χ4v) is 36.9. The van der Waals surface area contributed by atoms with Crippen molar-refractivity contribution in [3.8, 4) is 22.3 Å². The van der Waals surface area contributed by atoms with Gasteiger partial charge in [0.25, 0.3) is 0 Å². The van der Waals surface area contributed by atoms with Crippen LogP contribution in [0.1, 0.15) is 107 Å². The summed E-state index contributed by atoms with van der Waals surface area (Å²) < 4.78 is 4.47. The van der Waals surface area contributed by atoms with E-state index in [9.17, 15) is 0 Å². The molecule has 2 unspecified atom stereocenters. The summed E-state index contributed by atoms with van der Waals surface area (Å²) in [4.78, 5) is 0. The zero-order chi connectivity index (χ0) is 29.9. The van der Waals surface area contributed by atoms with E-state index in [1.54, 1.807) is 22.3 Å². The predicted molar refractivity (Wildman–Crippen MR) is 184 cm³/mol. The zero-order valence-corrected chi connectivity index (χ0v) is 32.7. The summed E-state index contributed by atoms with van der Waals surface area (Å²) in [5.41, 5.74) is 18.2. The molecule has 4 aromatic rings. The topological polar surface area (TPSA) is 0 Å². The average molecular weight is 800 g/mol. The molecule has 1 saturated heterocycles. The first kappa shape index (κ1) is 34.2. The largest absolute Gasteiger partial charge is 1.00 e. The Morgan fingerprint density at radius 3 is 1.24 bits per heavy atom. The summed E-state index contributed by atoms with van der Waals surface area (Å²) in [7, 11) is 0. The van der Waals surface area contributed by atoms with Crippen LogP contribution in [0, 0.1) is 0 Å². The second-order valence-corrected chi connectivity index (χ2v) is 30.5. The van der Waals surface area contributed by atoms with Gasteiger partial charge in [-0.15, -0.1) is 0 Å². The van der Waals surface area contributed by atoms with E-state index in [0.29, 0.717) is 19.2 Å². The number of rotatable bonds is 8. The fourth-order valence-electron chi connectivity index (χ4n) is 8.39. The van der Waals surface area contributed by atoms with Gasteiger partial charge >= 0.3 is 266 Å². The monoisotopic (exact) mass is 800 g/mol. The van der Waals surface area contributed by atoms with Gasteiger partial charge in [-0.3, -0.25) is 0 Å². The third-order valence-corrected chi connectivity index (χ3v) is 30.0. The van der Waals surface area contributed by atoms with Gasteiger partial charge in [0.15, 0.2) is 0 Å². The van der Waals surface area contributed by atoms with Crippen molar-refractivity contribution in [2.24, 2.45) is 0 Å². The molecule has 1 aliphatic heterocycles. The first-order valence-electron chi connectivity index (χ1n) is 16.7. The minimum Gasteiger partial charge on any atom is -1.00 e. The average Bonchev–Trinajstić information content (AvgIpc) is 3.56. The van der Waals surface area contributed by atoms with Crippen molar-refractivity contribution in [2.75, 3.05) is 0 Å². The standard InChI is InChI=1S/2C20H21.C2H4.2ClH.Hf/c2*1-4-15-12-18-6-5-7-19(20(18)13-15)17-10-8-16(9-11-17)14(2)3;1-2;;;/h2*5-14H,4H2,1-3H3;1-2H2;2*1H;/q;;;;;+2/p-2. The second kappa shape index (κ2) is 13.5. The number of hydrogen-bond donors (Lipinski definition) is 0. The van der Waals surface area contributed by atoms with E-state index >= 15 is 0 Å². The van der Waals surface area contributed by atoms with Crippen LogP contribution in [0.5, 0.6) is 0 Å². The van der Waals surface area contributed by atoms with Crippen molar-refractivity contribution < 1.29 is 44.8 Å². The minimum atomic E-state index is -2.86. The molecular weight excluding hydrogens is 754 g/mol. The van der Waals surface area contributed by atoms with Gasteiger partial charge in [-0.1, -0.05) is 0 Å². The van der Waals surface area contributed by atoms with E-state index in [2.05, 4.69) is 139 Å². The van der Waals surface area contributed by atoms with Crippen LogP contribution < -0.4 is 24.8 Å². The molecule has 0 amide bonds. The second-order valence-electron chi connectivity index (χ2n) is 13.9. The Hall–Kier alpha value is -2.19. The van der Waals surface area contributed by atoms with E-state index in [-0.39, 0.29) is 24.8 Å². The van der Waals surface area contributed by atoms with E-state index in [1.165, 1.54) is 65.7 Å². The maximum Gasteiger partial charge on any atom is -1.00 e. The molecular formula is C42H46Cl2Hf. The van der Waals surface area contributed by atoms with Crippen molar-refractivity contribution in [1.29, 1.82) is 0 Å². The van der Waals surface area contributed by atoms with Crippen LogP contribution in [-0.2, 0) is 20.0 Å². The Bertz CT molecular complexity index is 1610. The summed E-state index contributed by atoms with van der Waals surface area (Å²) >= 11 is -2.86. The SMILES string of the molecule is CCC1=Cc2c(-c3ccc(C(C)C)cc3)cccc2[CH]1[Hf+2]1([CH]2C(CC)=Cc3c(-c4ccc(C(C)C)cc4)cccc32)[CH2][CH2]1.[Cl-].[Cl-]. The Morgan fingerprint density at radius 2 is 0.933 bits per heavy atom. The summed E-state index contributed by atoms with van der Waals surface area (Å²) in [5.74, 6) is 1.12. The van der Waals surface area contributed by atoms with Crippen molar-refractivity contribution in [3.05, 3.63) is 129 Å². The Balaban J connectivity index is 0.00000200. The van der Waals surface area contributed by atoms with Crippen LogP contribution in [0.3, 0.4) is 0 Å². The van der Waals surface area contributed by atoms with Crippen molar-refractivity contribution >= 4 is 12.2 Å². The number of hydrogen-bond acceptors (Lipinski definition) is 0. The molecule has 3 aliphatic rings. The predicted octanol–water partition coefficient (Wildman–Crippen LogP) is 6.68. The van der Waals surface area contributed by atoms with Crippen LogP contribution in [0.2, 0.25) is 8.35 Å². The molecule has 0 aromatic heterocycles. The first-order chi connectivity index (χ1) is 20.9. The molecule has 4 aromatic carbocycles. The van der Waals surface area contributed by atoms with Crippen LogP contribution in [0.25, 0.3) is 34.4 Å². The Kier molecular flexibility index (Phi) is 10.2. The van der Waals surface area contributed by atoms with E-state index in [0.717, 1.165) is 0 Å². The van der Waals surface area contributed by atoms with Gasteiger partial charge in [-0.25, -0.2) is 0 Å². The molecule has 1 fully saturated rings. The Morgan fingerprint density at radius 1 is 0.556 bits per heavy atom. The zero-order valence-electron chi connectivity index (χ0n) is 27.6. The molecule has 0 radical (unpaired) electrons. The van der Waals surface area contributed by atoms with Gasteiger partial charge in [0.05, 0.1) is 0 Å². The number of allylic oxidation sites excluding steroid dienone is 2. The van der Waals surface area contributed by atoms with Crippen molar-refractivity contribution in [1.82, 2.24) is 0 Å². The van der Waals surface area contributed by atoms with Gasteiger partial charge in [0, 0.05) is 0 Å². The molecule has 232 valence electrons. The minimum absolute atomic E-state index is 0. The van der Waals surface area contributed by atoms with Crippen LogP contribution >= 0.6 is 0 Å². The molecule has 45 heavy (non-hydrogen) atoms. The van der Waals surface area contributed by atoms with Gasteiger partial charge in [-0.05, 0) is 0 Å². The summed E-state index contributed by atoms with van der Waals surface area (Å²) in [6.07, 6.45) is 7.59. The number of fused-ring (bicyclic) bond motifs is 2. The maximum atomic E-state index is 2.63. The summed E-state index contributed by atoms with van der Waals surface area (Å²) in [6, 6.07) is 33.2. The molecule has 2 aliphatic carbocycles. The van der Waals surface area contributed by atoms with Gasteiger partial charge < -0.3 is 24.8 Å². The molecule has 0 spiro atoms. The quantitative estimate of drug-likeness (QED) is 0.175. The van der Waals surface area contributed by atoms with Crippen molar-refractivity contribution in [3.63, 3.8) is 0 Å². The normalized spacial score (nSPS) is 18.2. The summed E-state index contributed by atoms with van der Waals surface area (Å²) in [6.45, 7) is 13.9. The number of halogens is 2. The van der Waals surface area contributed by atoms with Crippen LogP contribution in [0.4, 0.5) is 0 Å². The third-order valence-electron chi connectivity index (χ3n) is 10.9. The van der Waals surface area contributed by atoms with E-state index in [1.807, 2.05) is 0 Å². The first-order valence-corrected chi connectivity index (χ1v) is 26.0. The molecule has 7 rings (SSSR count). The molecule has 2 atom stereocenters. The summed E-state index contributed by atoms with van der Waals surface area (Å²) in [5, 5.41) is 0. The molecule has 0 bridgehead atoms. The van der Waals surface area contributed by atoms with Gasteiger partial charge in [0.1, 0.15) is 0 Å². The molecule has 0 N–H and O–H groups in total.